The van der Waals surface area contributed by atoms with Gasteiger partial charge < -0.3 is 0 Å². The van der Waals surface area contributed by atoms with E-state index in [0.29, 0.717) is 0 Å². The minimum Gasteiger partial charge on any atom is -0.268 e. The molecule has 11 heavy (non-hydrogen) atoms. The summed E-state index contributed by atoms with van der Waals surface area (Å²) in [5, 5.41) is 6.20. The van der Waals surface area contributed by atoms with Crippen LogP contribution in [0.15, 0.2) is 36.0 Å². The van der Waals surface area contributed by atoms with Crippen LogP contribution in [0.4, 0.5) is 0 Å². The normalized spacial score (nSPS) is 10.2. The summed E-state index contributed by atoms with van der Waals surface area (Å²) >= 11 is 1.76. The standard InChI is InChI=1S/C8H8N2S/c1-3-8(11-6-1)7-10-5-2-4-9-10/h1-6H,7H2. The summed E-state index contributed by atoms with van der Waals surface area (Å²) in [6.45, 7) is 0.894. The van der Waals surface area contributed by atoms with Crippen molar-refractivity contribution in [3.8, 4) is 0 Å². The molecule has 0 bridgehead atoms. The summed E-state index contributed by atoms with van der Waals surface area (Å²) in [6.07, 6.45) is 3.77. The number of hydrogen-bond donors (Lipinski definition) is 0. The summed E-state index contributed by atoms with van der Waals surface area (Å²) in [4.78, 5) is 1.34. The van der Waals surface area contributed by atoms with Gasteiger partial charge in [-0.25, -0.2) is 0 Å². The average Bonchev–Trinajstić information content (AvgIpc) is 2.60. The highest BCUT2D eigenvalue weighted by atomic mass is 32.1. The third-order valence-corrected chi connectivity index (χ3v) is 2.32. The van der Waals surface area contributed by atoms with Crippen molar-refractivity contribution in [1.29, 1.82) is 0 Å². The Bertz CT molecular complexity index is 264. The lowest BCUT2D eigenvalue weighted by Gasteiger charge is -1.95. The molecule has 0 fully saturated rings. The number of nitrogens with zero attached hydrogens (tertiary/aromatic N) is 2. The van der Waals surface area contributed by atoms with Gasteiger partial charge in [0.15, 0.2) is 0 Å². The van der Waals surface area contributed by atoms with Gasteiger partial charge in [-0.3, -0.25) is 4.68 Å². The first-order valence-corrected chi connectivity index (χ1v) is 4.33. The third kappa shape index (κ3) is 1.49. The van der Waals surface area contributed by atoms with E-state index in [-0.39, 0.29) is 0 Å². The summed E-state index contributed by atoms with van der Waals surface area (Å²) in [5.41, 5.74) is 0. The van der Waals surface area contributed by atoms with Gasteiger partial charge in [-0.05, 0) is 17.5 Å². The van der Waals surface area contributed by atoms with Crippen molar-refractivity contribution in [2.24, 2.45) is 0 Å². The molecule has 0 amide bonds. The highest BCUT2D eigenvalue weighted by Crippen LogP contribution is 2.09. The second-order valence-corrected chi connectivity index (χ2v) is 3.32. The zero-order valence-corrected chi connectivity index (χ0v) is 6.79. The fourth-order valence-corrected chi connectivity index (χ4v) is 1.65. The fraction of sp³-hybridized carbons (Fsp3) is 0.125. The molecule has 0 aliphatic rings. The maximum Gasteiger partial charge on any atom is 0.0752 e. The Kier molecular flexibility index (Phi) is 1.73. The van der Waals surface area contributed by atoms with Gasteiger partial charge >= 0.3 is 0 Å². The molecule has 2 heterocycles. The SMILES string of the molecule is c1csc(Cn2cccn2)c1. The van der Waals surface area contributed by atoms with Crippen molar-refractivity contribution < 1.29 is 0 Å². The molecule has 0 atom stereocenters. The molecule has 2 rings (SSSR count). The Morgan fingerprint density at radius 1 is 1.45 bits per heavy atom. The Morgan fingerprint density at radius 2 is 2.45 bits per heavy atom. The first-order chi connectivity index (χ1) is 5.45. The van der Waals surface area contributed by atoms with Crippen molar-refractivity contribution in [2.75, 3.05) is 0 Å². The molecule has 3 heteroatoms. The zero-order chi connectivity index (χ0) is 7.52. The van der Waals surface area contributed by atoms with Gasteiger partial charge in [0.2, 0.25) is 0 Å². The van der Waals surface area contributed by atoms with Crippen LogP contribution in [0.2, 0.25) is 0 Å². The van der Waals surface area contributed by atoms with Crippen molar-refractivity contribution in [3.63, 3.8) is 0 Å². The van der Waals surface area contributed by atoms with Crippen LogP contribution in [0.5, 0.6) is 0 Å². The molecule has 0 unspecified atom stereocenters. The van der Waals surface area contributed by atoms with E-state index in [4.69, 9.17) is 0 Å². The van der Waals surface area contributed by atoms with Gasteiger partial charge in [0.25, 0.3) is 0 Å². The molecule has 0 saturated heterocycles. The maximum atomic E-state index is 4.11. The topological polar surface area (TPSA) is 17.8 Å². The molecule has 56 valence electrons. The van der Waals surface area contributed by atoms with E-state index in [2.05, 4.69) is 22.6 Å². The summed E-state index contributed by atoms with van der Waals surface area (Å²) in [6, 6.07) is 6.11. The quantitative estimate of drug-likeness (QED) is 0.663. The minimum absolute atomic E-state index is 0.894. The molecule has 0 aliphatic heterocycles. The summed E-state index contributed by atoms with van der Waals surface area (Å²) < 4.78 is 1.92. The van der Waals surface area contributed by atoms with Crippen molar-refractivity contribution >= 4 is 11.3 Å². The molecular weight excluding hydrogens is 156 g/mol. The highest BCUT2D eigenvalue weighted by Gasteiger charge is 1.93. The molecule has 0 radical (unpaired) electrons. The first kappa shape index (κ1) is 6.61. The van der Waals surface area contributed by atoms with Crippen LogP contribution in [0, 0.1) is 0 Å². The highest BCUT2D eigenvalue weighted by molar-refractivity contribution is 7.09. The smallest absolute Gasteiger partial charge is 0.0752 e. The Balaban J connectivity index is 2.14. The maximum absolute atomic E-state index is 4.11. The van der Waals surface area contributed by atoms with Crippen LogP contribution in [-0.4, -0.2) is 9.78 Å². The number of thiophene rings is 1. The lowest BCUT2D eigenvalue weighted by molar-refractivity contribution is 0.695. The van der Waals surface area contributed by atoms with Crippen LogP contribution < -0.4 is 0 Å². The van der Waals surface area contributed by atoms with Crippen LogP contribution in [0.1, 0.15) is 4.88 Å². The van der Waals surface area contributed by atoms with Gasteiger partial charge in [0.1, 0.15) is 0 Å². The Labute approximate surface area is 69.1 Å². The molecule has 0 aromatic carbocycles. The van der Waals surface area contributed by atoms with Gasteiger partial charge in [-0.1, -0.05) is 6.07 Å². The molecule has 0 aliphatic carbocycles. The largest absolute Gasteiger partial charge is 0.268 e. The van der Waals surface area contributed by atoms with Crippen LogP contribution in [-0.2, 0) is 6.54 Å². The molecule has 2 aromatic rings. The average molecular weight is 164 g/mol. The molecule has 0 spiro atoms. The number of aromatic nitrogens is 2. The second-order valence-electron chi connectivity index (χ2n) is 2.28. The second kappa shape index (κ2) is 2.88. The Morgan fingerprint density at radius 3 is 3.09 bits per heavy atom. The first-order valence-electron chi connectivity index (χ1n) is 3.45. The lowest BCUT2D eigenvalue weighted by atomic mass is 10.5. The van der Waals surface area contributed by atoms with Crippen molar-refractivity contribution in [3.05, 3.63) is 40.8 Å². The van der Waals surface area contributed by atoms with Crippen molar-refractivity contribution in [1.82, 2.24) is 9.78 Å². The van der Waals surface area contributed by atoms with E-state index in [1.807, 2.05) is 16.9 Å². The van der Waals surface area contributed by atoms with Gasteiger partial charge in [-0.15, -0.1) is 11.3 Å². The summed E-state index contributed by atoms with van der Waals surface area (Å²) in [5.74, 6) is 0. The predicted octanol–water partition coefficient (Wildman–Crippen LogP) is 1.99. The van der Waals surface area contributed by atoms with Gasteiger partial charge in [0.05, 0.1) is 6.54 Å². The van der Waals surface area contributed by atoms with Gasteiger partial charge in [-0.2, -0.15) is 5.10 Å². The van der Waals surface area contributed by atoms with Crippen molar-refractivity contribution in [2.45, 2.75) is 6.54 Å². The molecule has 2 nitrogen and oxygen atoms in total. The van der Waals surface area contributed by atoms with E-state index in [0.717, 1.165) is 6.54 Å². The van der Waals surface area contributed by atoms with E-state index >= 15 is 0 Å². The van der Waals surface area contributed by atoms with Crippen LogP contribution in [0.25, 0.3) is 0 Å². The number of rotatable bonds is 2. The van der Waals surface area contributed by atoms with Crippen LogP contribution in [0.3, 0.4) is 0 Å². The Hall–Kier alpha value is -1.09. The minimum atomic E-state index is 0.894. The van der Waals surface area contributed by atoms with Gasteiger partial charge in [0, 0.05) is 17.3 Å². The molecule has 2 aromatic heterocycles. The lowest BCUT2D eigenvalue weighted by Crippen LogP contribution is -1.96. The molecule has 0 saturated carbocycles. The van der Waals surface area contributed by atoms with E-state index in [1.54, 1.807) is 17.5 Å². The molecular formula is C8H8N2S. The van der Waals surface area contributed by atoms with E-state index < -0.39 is 0 Å². The third-order valence-electron chi connectivity index (χ3n) is 1.46. The molecule has 0 N–H and O–H groups in total. The van der Waals surface area contributed by atoms with Crippen LogP contribution >= 0.6 is 11.3 Å². The predicted molar refractivity (Wildman–Crippen MR) is 45.6 cm³/mol. The summed E-state index contributed by atoms with van der Waals surface area (Å²) in [7, 11) is 0. The monoisotopic (exact) mass is 164 g/mol. The van der Waals surface area contributed by atoms with E-state index in [1.165, 1.54) is 4.88 Å². The zero-order valence-electron chi connectivity index (χ0n) is 5.97. The fourth-order valence-electron chi connectivity index (χ4n) is 0.956. The number of hydrogen-bond acceptors (Lipinski definition) is 2. The van der Waals surface area contributed by atoms with E-state index in [9.17, 15) is 0 Å².